The van der Waals surface area contributed by atoms with Gasteiger partial charge >= 0.3 is 5.82 Å². The Bertz CT molecular complexity index is 573. The Morgan fingerprint density at radius 2 is 2.06 bits per heavy atom. The number of nitrogens with zero attached hydrogens (tertiary/aromatic N) is 2. The fraction of sp³-hybridized carbons (Fsp3) is 0.286. The summed E-state index contributed by atoms with van der Waals surface area (Å²) in [5.41, 5.74) is -1.36. The fourth-order valence-corrected chi connectivity index (χ4v) is 2.04. The number of pyridine rings is 1. The van der Waals surface area contributed by atoms with Gasteiger partial charge in [-0.25, -0.2) is 22.3 Å². The van der Waals surface area contributed by atoms with Gasteiger partial charge in [0.15, 0.2) is 5.69 Å². The average Bonchev–Trinajstić information content (AvgIpc) is 2.14. The van der Waals surface area contributed by atoms with E-state index in [1.807, 2.05) is 0 Å². The number of sulfonamides is 1. The molecule has 0 spiro atoms. The molecule has 7 nitrogen and oxygen atoms in total. The summed E-state index contributed by atoms with van der Waals surface area (Å²) >= 11 is 0. The van der Waals surface area contributed by atoms with Crippen LogP contribution in [0, 0.1) is 17.0 Å². The van der Waals surface area contributed by atoms with Gasteiger partial charge in [0, 0.05) is 6.92 Å². The van der Waals surface area contributed by atoms with Gasteiger partial charge in [0.05, 0.1) is 11.6 Å². The van der Waals surface area contributed by atoms with Crippen molar-refractivity contribution >= 4 is 15.8 Å². The van der Waals surface area contributed by atoms with Gasteiger partial charge in [0.25, 0.3) is 6.43 Å². The Hall–Kier alpha value is -1.68. The van der Waals surface area contributed by atoms with Crippen LogP contribution in [0.25, 0.3) is 0 Å². The van der Waals surface area contributed by atoms with Crippen LogP contribution in [0.3, 0.4) is 0 Å². The molecule has 0 aliphatic rings. The number of rotatable bonds is 3. The highest BCUT2D eigenvalue weighted by atomic mass is 32.2. The minimum atomic E-state index is -4.48. The summed E-state index contributed by atoms with van der Waals surface area (Å²) in [5, 5.41) is 15.2. The molecule has 1 aromatic rings. The Morgan fingerprint density at radius 3 is 2.41 bits per heavy atom. The van der Waals surface area contributed by atoms with E-state index in [9.17, 15) is 27.3 Å². The van der Waals surface area contributed by atoms with E-state index >= 15 is 0 Å². The largest absolute Gasteiger partial charge is 0.365 e. The first kappa shape index (κ1) is 13.4. The van der Waals surface area contributed by atoms with Crippen molar-refractivity contribution in [3.8, 4) is 0 Å². The first-order valence-electron chi connectivity index (χ1n) is 4.11. The van der Waals surface area contributed by atoms with Crippen molar-refractivity contribution < 1.29 is 22.1 Å². The summed E-state index contributed by atoms with van der Waals surface area (Å²) in [6, 6.07) is 0.420. The molecule has 94 valence electrons. The van der Waals surface area contributed by atoms with E-state index in [0.717, 1.165) is 6.92 Å². The molecule has 0 unspecified atom stereocenters. The monoisotopic (exact) mass is 267 g/mol. The minimum absolute atomic E-state index is 0.420. The third kappa shape index (κ3) is 2.71. The second-order valence-corrected chi connectivity index (χ2v) is 4.61. The quantitative estimate of drug-likeness (QED) is 0.644. The van der Waals surface area contributed by atoms with Crippen LogP contribution in [0.5, 0.6) is 0 Å². The normalized spacial score (nSPS) is 11.8. The van der Waals surface area contributed by atoms with Crippen LogP contribution in [0.4, 0.5) is 14.6 Å². The smallest absolute Gasteiger partial charge is 0.358 e. The van der Waals surface area contributed by atoms with Crippen LogP contribution in [0.2, 0.25) is 0 Å². The van der Waals surface area contributed by atoms with Crippen molar-refractivity contribution in [3.05, 3.63) is 27.4 Å². The standard InChI is InChI=1S/C7H7F2N3O4S/c1-3-6(7(8)9)4(17(10,15)16)2-5(11-3)12(13)14/h2,7H,1H3,(H2,10,15,16). The molecule has 0 atom stereocenters. The van der Waals surface area contributed by atoms with Gasteiger partial charge in [-0.3, -0.25) is 0 Å². The maximum atomic E-state index is 12.6. The number of alkyl halides is 2. The summed E-state index contributed by atoms with van der Waals surface area (Å²) in [7, 11) is -4.48. The molecule has 17 heavy (non-hydrogen) atoms. The number of aryl methyl sites for hydroxylation is 1. The van der Waals surface area contributed by atoms with Crippen molar-refractivity contribution in [1.82, 2.24) is 4.98 Å². The second kappa shape index (κ2) is 4.30. The molecular weight excluding hydrogens is 260 g/mol. The molecule has 0 radical (unpaired) electrons. The molecule has 0 aromatic carbocycles. The van der Waals surface area contributed by atoms with Crippen molar-refractivity contribution in [3.63, 3.8) is 0 Å². The highest BCUT2D eigenvalue weighted by Gasteiger charge is 2.29. The van der Waals surface area contributed by atoms with Gasteiger partial charge in [0.2, 0.25) is 10.0 Å². The van der Waals surface area contributed by atoms with E-state index in [1.165, 1.54) is 0 Å². The van der Waals surface area contributed by atoms with Gasteiger partial charge in [0.1, 0.15) is 4.90 Å². The Morgan fingerprint density at radius 1 is 1.53 bits per heavy atom. The van der Waals surface area contributed by atoms with Crippen molar-refractivity contribution in [2.45, 2.75) is 18.2 Å². The molecule has 0 amide bonds. The van der Waals surface area contributed by atoms with E-state index in [-0.39, 0.29) is 0 Å². The number of nitro groups is 1. The lowest BCUT2D eigenvalue weighted by molar-refractivity contribution is -0.389. The second-order valence-electron chi connectivity index (χ2n) is 3.08. The predicted octanol–water partition coefficient (Wildman–Crippen LogP) is 0.883. The zero-order chi connectivity index (χ0) is 13.4. The SMILES string of the molecule is Cc1nc([N+](=O)[O-])cc(S(N)(=O)=O)c1C(F)F. The molecule has 0 aliphatic heterocycles. The zero-order valence-electron chi connectivity index (χ0n) is 8.42. The number of primary sulfonamides is 1. The number of halogens is 2. The number of aromatic nitrogens is 1. The third-order valence-electron chi connectivity index (χ3n) is 1.91. The lowest BCUT2D eigenvalue weighted by Gasteiger charge is -2.07. The molecule has 0 saturated carbocycles. The zero-order valence-corrected chi connectivity index (χ0v) is 9.24. The average molecular weight is 267 g/mol. The highest BCUT2D eigenvalue weighted by Crippen LogP contribution is 2.30. The molecule has 1 aromatic heterocycles. The summed E-state index contributed by atoms with van der Waals surface area (Å²) in [6.07, 6.45) is -3.14. The lowest BCUT2D eigenvalue weighted by Crippen LogP contribution is -2.17. The topological polar surface area (TPSA) is 116 Å². The molecule has 1 heterocycles. The lowest BCUT2D eigenvalue weighted by atomic mass is 10.2. The first-order valence-corrected chi connectivity index (χ1v) is 5.66. The van der Waals surface area contributed by atoms with Crippen molar-refractivity contribution in [2.24, 2.45) is 5.14 Å². The van der Waals surface area contributed by atoms with Crippen LogP contribution in [0.1, 0.15) is 17.7 Å². The van der Waals surface area contributed by atoms with Crippen molar-refractivity contribution in [2.75, 3.05) is 0 Å². The Balaban J connectivity index is 3.69. The molecule has 0 saturated heterocycles. The number of nitrogens with two attached hydrogens (primary N) is 1. The van der Waals surface area contributed by atoms with Crippen LogP contribution in [-0.4, -0.2) is 18.3 Å². The Labute approximate surface area is 94.5 Å². The molecule has 10 heteroatoms. The van der Waals surface area contributed by atoms with Crippen LogP contribution >= 0.6 is 0 Å². The van der Waals surface area contributed by atoms with E-state index < -0.39 is 43.3 Å². The van der Waals surface area contributed by atoms with Crippen LogP contribution in [-0.2, 0) is 10.0 Å². The van der Waals surface area contributed by atoms with E-state index in [1.54, 1.807) is 0 Å². The minimum Gasteiger partial charge on any atom is -0.358 e. The maximum Gasteiger partial charge on any atom is 0.365 e. The number of hydrogen-bond donors (Lipinski definition) is 1. The summed E-state index contributed by atoms with van der Waals surface area (Å²) in [4.78, 5) is 11.7. The molecule has 1 rings (SSSR count). The molecule has 0 aliphatic carbocycles. The highest BCUT2D eigenvalue weighted by molar-refractivity contribution is 7.89. The summed E-state index contributed by atoms with van der Waals surface area (Å²) in [6.45, 7) is 1.04. The van der Waals surface area contributed by atoms with Crippen molar-refractivity contribution in [1.29, 1.82) is 0 Å². The molecule has 2 N–H and O–H groups in total. The summed E-state index contributed by atoms with van der Waals surface area (Å²) < 4.78 is 47.4. The fourth-order valence-electron chi connectivity index (χ4n) is 1.23. The van der Waals surface area contributed by atoms with E-state index in [4.69, 9.17) is 5.14 Å². The van der Waals surface area contributed by atoms with Crippen LogP contribution in [0.15, 0.2) is 11.0 Å². The Kier molecular flexibility index (Phi) is 3.38. The molecular formula is C7H7F2N3O4S. The van der Waals surface area contributed by atoms with Gasteiger partial charge in [-0.2, -0.15) is 0 Å². The third-order valence-corrected chi connectivity index (χ3v) is 2.86. The molecule has 0 fully saturated rings. The van der Waals surface area contributed by atoms with E-state index in [2.05, 4.69) is 4.98 Å². The predicted molar refractivity (Wildman–Crippen MR) is 52.0 cm³/mol. The first-order chi connectivity index (χ1) is 7.64. The van der Waals surface area contributed by atoms with E-state index in [0.29, 0.717) is 6.07 Å². The van der Waals surface area contributed by atoms with Gasteiger partial charge in [-0.1, -0.05) is 0 Å². The number of hydrogen-bond acceptors (Lipinski definition) is 5. The molecule has 0 bridgehead atoms. The van der Waals surface area contributed by atoms with Crippen LogP contribution < -0.4 is 5.14 Å². The van der Waals surface area contributed by atoms with Gasteiger partial charge in [-0.05, 0) is 9.91 Å². The van der Waals surface area contributed by atoms with Gasteiger partial charge in [-0.15, -0.1) is 0 Å². The van der Waals surface area contributed by atoms with Gasteiger partial charge < -0.3 is 10.1 Å². The summed E-state index contributed by atoms with van der Waals surface area (Å²) in [5.74, 6) is -0.851. The maximum absolute atomic E-state index is 12.6.